The van der Waals surface area contributed by atoms with Crippen LogP contribution in [0.4, 0.5) is 18.0 Å². The van der Waals surface area contributed by atoms with Crippen LogP contribution < -0.4 is 5.32 Å². The predicted molar refractivity (Wildman–Crippen MR) is 71.1 cm³/mol. The van der Waals surface area contributed by atoms with Gasteiger partial charge in [-0.2, -0.15) is 13.2 Å². The van der Waals surface area contributed by atoms with E-state index in [4.69, 9.17) is 0 Å². The molecule has 0 fully saturated rings. The molecule has 1 unspecified atom stereocenters. The largest absolute Gasteiger partial charge is 0.453 e. The van der Waals surface area contributed by atoms with Crippen LogP contribution in [-0.4, -0.2) is 43.3 Å². The predicted octanol–water partition coefficient (Wildman–Crippen LogP) is 2.03. The van der Waals surface area contributed by atoms with Crippen LogP contribution in [0, 0.1) is 0 Å². The molecule has 1 N–H and O–H groups in total. The molecule has 1 aromatic carbocycles. The Labute approximate surface area is 125 Å². The topological polar surface area (TPSA) is 58.6 Å². The second-order valence-electron chi connectivity index (χ2n) is 4.85. The highest BCUT2D eigenvalue weighted by Crippen LogP contribution is 2.30. The number of carbonyl (C=O) groups is 2. The summed E-state index contributed by atoms with van der Waals surface area (Å²) in [5, 5.41) is 1.83. The number of alkyl halides is 3. The van der Waals surface area contributed by atoms with Crippen LogP contribution in [0.5, 0.6) is 0 Å². The molecule has 0 radical (unpaired) electrons. The monoisotopic (exact) mass is 316 g/mol. The summed E-state index contributed by atoms with van der Waals surface area (Å²) in [7, 11) is 1.16. The van der Waals surface area contributed by atoms with E-state index in [0.29, 0.717) is 12.0 Å². The molecule has 5 nitrogen and oxygen atoms in total. The maximum atomic E-state index is 12.3. The Morgan fingerprint density at radius 1 is 1.36 bits per heavy atom. The lowest BCUT2D eigenvalue weighted by Gasteiger charge is -2.35. The van der Waals surface area contributed by atoms with Crippen LogP contribution in [0.1, 0.15) is 17.2 Å². The number of methoxy groups -OCH3 is 1. The fourth-order valence-corrected chi connectivity index (χ4v) is 2.45. The summed E-state index contributed by atoms with van der Waals surface area (Å²) in [4.78, 5) is 25.1. The highest BCUT2D eigenvalue weighted by atomic mass is 19.4. The Morgan fingerprint density at radius 3 is 2.68 bits per heavy atom. The minimum Gasteiger partial charge on any atom is -0.453 e. The van der Waals surface area contributed by atoms with E-state index in [1.54, 1.807) is 24.3 Å². The lowest BCUT2D eigenvalue weighted by atomic mass is 9.92. The molecule has 0 saturated heterocycles. The van der Waals surface area contributed by atoms with Crippen LogP contribution >= 0.6 is 0 Å². The zero-order valence-electron chi connectivity index (χ0n) is 11.8. The van der Waals surface area contributed by atoms with Gasteiger partial charge in [-0.1, -0.05) is 24.3 Å². The van der Waals surface area contributed by atoms with Gasteiger partial charge in [0.15, 0.2) is 0 Å². The first-order chi connectivity index (χ1) is 10.3. The summed E-state index contributed by atoms with van der Waals surface area (Å²) in [6.45, 7) is -1.24. The van der Waals surface area contributed by atoms with Crippen molar-refractivity contribution in [3.8, 4) is 0 Å². The van der Waals surface area contributed by atoms with Gasteiger partial charge in [-0.15, -0.1) is 0 Å². The molecule has 2 rings (SSSR count). The highest BCUT2D eigenvalue weighted by Gasteiger charge is 2.38. The number of amides is 2. The molecular weight excluding hydrogens is 301 g/mol. The van der Waals surface area contributed by atoms with E-state index in [1.807, 2.05) is 5.32 Å². The molecule has 0 saturated carbocycles. The van der Waals surface area contributed by atoms with Gasteiger partial charge < -0.3 is 10.1 Å². The summed E-state index contributed by atoms with van der Waals surface area (Å²) in [6.07, 6.45) is -4.75. The molecule has 0 spiro atoms. The lowest BCUT2D eigenvalue weighted by molar-refractivity contribution is -0.141. The molecule has 8 heteroatoms. The second kappa shape index (κ2) is 6.25. The SMILES string of the molecule is COC(=O)N1CCc2ccccc2C1C(=O)NCC(F)(F)F. The molecule has 2 amide bonds. The fraction of sp³-hybridized carbons (Fsp3) is 0.429. The first-order valence-electron chi connectivity index (χ1n) is 6.60. The summed E-state index contributed by atoms with van der Waals surface area (Å²) in [5.41, 5.74) is 1.34. The third-order valence-electron chi connectivity index (χ3n) is 3.40. The van der Waals surface area contributed by atoms with E-state index in [1.165, 1.54) is 0 Å². The average Bonchev–Trinajstić information content (AvgIpc) is 2.50. The average molecular weight is 316 g/mol. The maximum absolute atomic E-state index is 12.3. The maximum Gasteiger partial charge on any atom is 0.410 e. The van der Waals surface area contributed by atoms with Crippen molar-refractivity contribution in [1.29, 1.82) is 0 Å². The smallest absolute Gasteiger partial charge is 0.410 e. The highest BCUT2D eigenvalue weighted by molar-refractivity contribution is 5.87. The van der Waals surface area contributed by atoms with Gasteiger partial charge in [0.05, 0.1) is 7.11 Å². The Morgan fingerprint density at radius 2 is 2.05 bits per heavy atom. The molecule has 1 aromatic rings. The van der Waals surface area contributed by atoms with E-state index in [-0.39, 0.29) is 6.54 Å². The number of nitrogens with one attached hydrogen (secondary N) is 1. The van der Waals surface area contributed by atoms with Crippen LogP contribution in [0.2, 0.25) is 0 Å². The Bertz CT molecular complexity index is 575. The Hall–Kier alpha value is -2.25. The Kier molecular flexibility index (Phi) is 4.58. The van der Waals surface area contributed by atoms with Gasteiger partial charge >= 0.3 is 12.3 Å². The second-order valence-corrected chi connectivity index (χ2v) is 4.85. The van der Waals surface area contributed by atoms with Crippen molar-refractivity contribution < 1.29 is 27.5 Å². The number of fused-ring (bicyclic) bond motifs is 1. The molecule has 1 heterocycles. The van der Waals surface area contributed by atoms with Crippen molar-refractivity contribution in [1.82, 2.24) is 10.2 Å². The third kappa shape index (κ3) is 3.49. The molecule has 0 aliphatic carbocycles. The first kappa shape index (κ1) is 16.1. The lowest BCUT2D eigenvalue weighted by Crippen LogP contribution is -2.48. The van der Waals surface area contributed by atoms with Crippen molar-refractivity contribution in [3.05, 3.63) is 35.4 Å². The molecule has 22 heavy (non-hydrogen) atoms. The number of hydrogen-bond donors (Lipinski definition) is 1. The van der Waals surface area contributed by atoms with Gasteiger partial charge in [-0.05, 0) is 17.5 Å². The van der Waals surface area contributed by atoms with Crippen molar-refractivity contribution in [2.75, 3.05) is 20.2 Å². The van der Waals surface area contributed by atoms with E-state index < -0.39 is 30.8 Å². The first-order valence-corrected chi connectivity index (χ1v) is 6.60. The summed E-state index contributed by atoms with van der Waals surface area (Å²) in [5.74, 6) is -0.880. The van der Waals surface area contributed by atoms with Crippen molar-refractivity contribution in [2.45, 2.75) is 18.6 Å². The number of ether oxygens (including phenoxy) is 1. The summed E-state index contributed by atoms with van der Waals surface area (Å²) >= 11 is 0. The number of hydrogen-bond acceptors (Lipinski definition) is 3. The zero-order valence-corrected chi connectivity index (χ0v) is 11.8. The minimum atomic E-state index is -4.51. The van der Waals surface area contributed by atoms with Crippen molar-refractivity contribution in [3.63, 3.8) is 0 Å². The van der Waals surface area contributed by atoms with Gasteiger partial charge in [0, 0.05) is 6.54 Å². The number of nitrogens with zero attached hydrogens (tertiary/aromatic N) is 1. The van der Waals surface area contributed by atoms with Gasteiger partial charge in [-0.3, -0.25) is 9.69 Å². The molecule has 0 aromatic heterocycles. The Balaban J connectivity index is 2.29. The third-order valence-corrected chi connectivity index (χ3v) is 3.40. The molecule has 120 valence electrons. The minimum absolute atomic E-state index is 0.202. The quantitative estimate of drug-likeness (QED) is 0.908. The molecule has 1 aliphatic heterocycles. The molecule has 1 aliphatic rings. The van der Waals surface area contributed by atoms with Gasteiger partial charge in [0.2, 0.25) is 5.91 Å². The fourth-order valence-electron chi connectivity index (χ4n) is 2.45. The molecule has 1 atom stereocenters. The number of carbonyl (C=O) groups excluding carboxylic acids is 2. The van der Waals surface area contributed by atoms with Crippen LogP contribution in [-0.2, 0) is 16.0 Å². The van der Waals surface area contributed by atoms with Crippen LogP contribution in [0.3, 0.4) is 0 Å². The van der Waals surface area contributed by atoms with Crippen molar-refractivity contribution >= 4 is 12.0 Å². The van der Waals surface area contributed by atoms with E-state index >= 15 is 0 Å². The van der Waals surface area contributed by atoms with E-state index in [0.717, 1.165) is 17.6 Å². The molecule has 0 bridgehead atoms. The summed E-state index contributed by atoms with van der Waals surface area (Å²) < 4.78 is 41.5. The van der Waals surface area contributed by atoms with Gasteiger partial charge in [0.1, 0.15) is 12.6 Å². The number of benzene rings is 1. The number of halogens is 3. The van der Waals surface area contributed by atoms with Gasteiger partial charge in [-0.25, -0.2) is 4.79 Å². The van der Waals surface area contributed by atoms with Crippen molar-refractivity contribution in [2.24, 2.45) is 0 Å². The van der Waals surface area contributed by atoms with E-state index in [9.17, 15) is 22.8 Å². The molecular formula is C14H15F3N2O3. The normalized spacial score (nSPS) is 17.6. The standard InChI is InChI=1S/C14H15F3N2O3/c1-22-13(21)19-7-6-9-4-2-3-5-10(9)11(19)12(20)18-8-14(15,16)17/h2-5,11H,6-8H2,1H3,(H,18,20). The van der Waals surface area contributed by atoms with Crippen LogP contribution in [0.25, 0.3) is 0 Å². The van der Waals surface area contributed by atoms with E-state index in [2.05, 4.69) is 4.74 Å². The van der Waals surface area contributed by atoms with Crippen LogP contribution in [0.15, 0.2) is 24.3 Å². The zero-order chi connectivity index (χ0) is 16.3. The summed E-state index contributed by atoms with van der Waals surface area (Å²) in [6, 6.07) is 5.73. The number of rotatable bonds is 2. The van der Waals surface area contributed by atoms with Gasteiger partial charge in [0.25, 0.3) is 0 Å².